The standard InChI is InChI=1S/C17H21F2NO4/c1-2-17(22)20(14-10-23-9-13(14)8-21)7-12-5-3-4-6-15(12)24-11-16(18)19/h2-6,13-14,16,21H,1,7-11H2/t13-,14+/m1/s1. The van der Waals surface area contributed by atoms with Crippen LogP contribution < -0.4 is 4.74 Å². The van der Waals surface area contributed by atoms with Gasteiger partial charge in [-0.1, -0.05) is 24.8 Å². The van der Waals surface area contributed by atoms with Gasteiger partial charge in [0.15, 0.2) is 0 Å². The highest BCUT2D eigenvalue weighted by molar-refractivity contribution is 5.87. The minimum atomic E-state index is -2.58. The number of carbonyl (C=O) groups excluding carboxylic acids is 1. The second-order valence-electron chi connectivity index (χ2n) is 5.53. The van der Waals surface area contributed by atoms with Gasteiger partial charge in [0.25, 0.3) is 6.43 Å². The third-order valence-corrected chi connectivity index (χ3v) is 3.94. The Morgan fingerprint density at radius 2 is 2.21 bits per heavy atom. The Labute approximate surface area is 139 Å². The molecule has 1 heterocycles. The molecule has 5 nitrogen and oxygen atoms in total. The lowest BCUT2D eigenvalue weighted by Crippen LogP contribution is -2.44. The van der Waals surface area contributed by atoms with Gasteiger partial charge in [-0.2, -0.15) is 0 Å². The first-order valence-corrected chi connectivity index (χ1v) is 7.67. The van der Waals surface area contributed by atoms with Crippen LogP contribution in [0.2, 0.25) is 0 Å². The van der Waals surface area contributed by atoms with Gasteiger partial charge in [-0.15, -0.1) is 0 Å². The van der Waals surface area contributed by atoms with Crippen molar-refractivity contribution in [3.8, 4) is 5.75 Å². The number of nitrogens with zero attached hydrogens (tertiary/aromatic N) is 1. The summed E-state index contributed by atoms with van der Waals surface area (Å²) in [4.78, 5) is 13.8. The van der Waals surface area contributed by atoms with Crippen molar-refractivity contribution in [1.29, 1.82) is 0 Å². The Bertz CT molecular complexity index is 567. The Hall–Kier alpha value is -1.99. The van der Waals surface area contributed by atoms with Gasteiger partial charge in [-0.3, -0.25) is 4.79 Å². The summed E-state index contributed by atoms with van der Waals surface area (Å²) in [7, 11) is 0. The molecule has 0 spiro atoms. The topological polar surface area (TPSA) is 59.0 Å². The SMILES string of the molecule is C=CC(=O)N(Cc1ccccc1OCC(F)F)[C@H]1COC[C@H]1CO. The zero-order chi connectivity index (χ0) is 17.5. The highest BCUT2D eigenvalue weighted by Gasteiger charge is 2.34. The zero-order valence-corrected chi connectivity index (χ0v) is 13.2. The molecule has 1 saturated heterocycles. The summed E-state index contributed by atoms with van der Waals surface area (Å²) in [5.41, 5.74) is 0.608. The number of rotatable bonds is 8. The molecule has 0 saturated carbocycles. The van der Waals surface area contributed by atoms with Crippen LogP contribution in [-0.4, -0.2) is 54.8 Å². The van der Waals surface area contributed by atoms with E-state index in [0.29, 0.717) is 24.5 Å². The molecule has 2 atom stereocenters. The smallest absolute Gasteiger partial charge is 0.272 e. The number of ether oxygens (including phenoxy) is 2. The first kappa shape index (κ1) is 18.4. The number of halogens is 2. The highest BCUT2D eigenvalue weighted by atomic mass is 19.3. The van der Waals surface area contributed by atoms with E-state index in [2.05, 4.69) is 6.58 Å². The molecule has 1 N–H and O–H groups in total. The molecule has 132 valence electrons. The van der Waals surface area contributed by atoms with Crippen molar-refractivity contribution in [1.82, 2.24) is 4.90 Å². The molecule has 1 fully saturated rings. The molecule has 0 unspecified atom stereocenters. The van der Waals surface area contributed by atoms with Crippen LogP contribution in [0.4, 0.5) is 8.78 Å². The molecule has 1 aliphatic heterocycles. The van der Waals surface area contributed by atoms with Crippen LogP contribution in [0.15, 0.2) is 36.9 Å². The van der Waals surface area contributed by atoms with Crippen molar-refractivity contribution >= 4 is 5.91 Å². The number of amides is 1. The molecule has 24 heavy (non-hydrogen) atoms. The average Bonchev–Trinajstić information content (AvgIpc) is 3.06. The fraction of sp³-hybridized carbons (Fsp3) is 0.471. The second-order valence-corrected chi connectivity index (χ2v) is 5.53. The fourth-order valence-electron chi connectivity index (χ4n) is 2.69. The molecule has 0 radical (unpaired) electrons. The van der Waals surface area contributed by atoms with E-state index in [9.17, 15) is 18.7 Å². The normalized spacial score (nSPS) is 20.2. The average molecular weight is 341 g/mol. The van der Waals surface area contributed by atoms with Crippen molar-refractivity contribution in [2.75, 3.05) is 26.4 Å². The van der Waals surface area contributed by atoms with E-state index in [-0.39, 0.29) is 31.0 Å². The molecule has 1 aromatic carbocycles. The van der Waals surface area contributed by atoms with E-state index in [4.69, 9.17) is 9.47 Å². The Morgan fingerprint density at radius 1 is 1.46 bits per heavy atom. The van der Waals surface area contributed by atoms with Crippen LogP contribution in [0.25, 0.3) is 0 Å². The molecule has 0 aromatic heterocycles. The lowest BCUT2D eigenvalue weighted by Gasteiger charge is -2.31. The maximum atomic E-state index is 12.4. The van der Waals surface area contributed by atoms with Gasteiger partial charge in [-0.25, -0.2) is 8.78 Å². The third kappa shape index (κ3) is 4.52. The van der Waals surface area contributed by atoms with Crippen molar-refractivity contribution in [2.45, 2.75) is 19.0 Å². The highest BCUT2D eigenvalue weighted by Crippen LogP contribution is 2.26. The number of aliphatic hydroxyl groups is 1. The first-order valence-electron chi connectivity index (χ1n) is 7.67. The summed E-state index contributed by atoms with van der Waals surface area (Å²) in [6.07, 6.45) is -1.39. The minimum absolute atomic E-state index is 0.102. The van der Waals surface area contributed by atoms with Gasteiger partial charge in [-0.05, 0) is 12.1 Å². The van der Waals surface area contributed by atoms with Gasteiger partial charge in [0.2, 0.25) is 5.91 Å². The molecule has 1 aliphatic rings. The van der Waals surface area contributed by atoms with Gasteiger partial charge in [0.1, 0.15) is 12.4 Å². The predicted octanol–water partition coefficient (Wildman–Crippen LogP) is 1.85. The Morgan fingerprint density at radius 3 is 2.88 bits per heavy atom. The number of aliphatic hydroxyl groups excluding tert-OH is 1. The summed E-state index contributed by atoms with van der Waals surface area (Å²) < 4.78 is 35.3. The van der Waals surface area contributed by atoms with Crippen LogP contribution >= 0.6 is 0 Å². The fourth-order valence-corrected chi connectivity index (χ4v) is 2.69. The lowest BCUT2D eigenvalue weighted by atomic mass is 10.0. The quantitative estimate of drug-likeness (QED) is 0.733. The molecule has 0 bridgehead atoms. The van der Waals surface area contributed by atoms with Crippen LogP contribution in [0.3, 0.4) is 0 Å². The van der Waals surface area contributed by atoms with Crippen LogP contribution in [0.5, 0.6) is 5.75 Å². The predicted molar refractivity (Wildman–Crippen MR) is 83.9 cm³/mol. The summed E-state index contributed by atoms with van der Waals surface area (Å²) in [6.45, 7) is 3.53. The van der Waals surface area contributed by atoms with E-state index in [1.165, 1.54) is 11.0 Å². The molecule has 1 amide bonds. The van der Waals surface area contributed by atoms with E-state index < -0.39 is 13.0 Å². The molecular formula is C17H21F2NO4. The van der Waals surface area contributed by atoms with Gasteiger partial charge < -0.3 is 19.5 Å². The summed E-state index contributed by atoms with van der Waals surface area (Å²) in [5.74, 6) is -0.199. The minimum Gasteiger partial charge on any atom is -0.487 e. The number of hydrogen-bond donors (Lipinski definition) is 1. The van der Waals surface area contributed by atoms with Crippen molar-refractivity contribution in [2.24, 2.45) is 5.92 Å². The largest absolute Gasteiger partial charge is 0.487 e. The Kier molecular flexibility index (Phi) is 6.69. The number of benzene rings is 1. The van der Waals surface area contributed by atoms with E-state index >= 15 is 0 Å². The summed E-state index contributed by atoms with van der Waals surface area (Å²) in [5, 5.41) is 9.45. The van der Waals surface area contributed by atoms with Crippen LogP contribution in [-0.2, 0) is 16.1 Å². The van der Waals surface area contributed by atoms with E-state index in [1.54, 1.807) is 24.3 Å². The maximum absolute atomic E-state index is 12.4. The summed E-state index contributed by atoms with van der Waals surface area (Å²) >= 11 is 0. The number of alkyl halides is 2. The second kappa shape index (κ2) is 8.75. The van der Waals surface area contributed by atoms with Gasteiger partial charge in [0.05, 0.1) is 32.4 Å². The monoisotopic (exact) mass is 341 g/mol. The molecule has 1 aromatic rings. The van der Waals surface area contributed by atoms with Crippen molar-refractivity contribution in [3.63, 3.8) is 0 Å². The van der Waals surface area contributed by atoms with Gasteiger partial charge in [0, 0.05) is 11.5 Å². The van der Waals surface area contributed by atoms with Crippen molar-refractivity contribution in [3.05, 3.63) is 42.5 Å². The van der Waals surface area contributed by atoms with Crippen LogP contribution in [0.1, 0.15) is 5.56 Å². The maximum Gasteiger partial charge on any atom is 0.272 e. The number of hydrogen-bond acceptors (Lipinski definition) is 4. The number of para-hydroxylation sites is 1. The summed E-state index contributed by atoms with van der Waals surface area (Å²) in [6, 6.07) is 6.43. The Balaban J connectivity index is 2.20. The lowest BCUT2D eigenvalue weighted by molar-refractivity contribution is -0.129. The van der Waals surface area contributed by atoms with Crippen molar-refractivity contribution < 1.29 is 28.2 Å². The third-order valence-electron chi connectivity index (χ3n) is 3.94. The molecule has 0 aliphatic carbocycles. The van der Waals surface area contributed by atoms with E-state index in [1.807, 2.05) is 0 Å². The number of carbonyl (C=O) groups is 1. The molecular weight excluding hydrogens is 320 g/mol. The van der Waals surface area contributed by atoms with E-state index in [0.717, 1.165) is 0 Å². The van der Waals surface area contributed by atoms with Crippen LogP contribution in [0, 0.1) is 5.92 Å². The molecule has 2 rings (SSSR count). The zero-order valence-electron chi connectivity index (χ0n) is 13.2. The van der Waals surface area contributed by atoms with Gasteiger partial charge >= 0.3 is 0 Å². The first-order chi connectivity index (χ1) is 11.6. The molecule has 7 heteroatoms.